The summed E-state index contributed by atoms with van der Waals surface area (Å²) in [4.78, 5) is 16.5. The quantitative estimate of drug-likeness (QED) is 0.865. The normalized spacial score (nSPS) is 13.7. The maximum Gasteiger partial charge on any atom is 0.274 e. The number of hydroxylamine groups is 1. The second-order valence-electron chi connectivity index (χ2n) is 5.12. The molecule has 0 aliphatic carbocycles. The molecule has 1 amide bonds. The Labute approximate surface area is 134 Å². The van der Waals surface area contributed by atoms with E-state index in [1.807, 2.05) is 18.2 Å². The van der Waals surface area contributed by atoms with Crippen molar-refractivity contribution in [1.82, 2.24) is 5.48 Å². The third-order valence-corrected chi connectivity index (χ3v) is 5.53. The molecule has 1 aliphatic heterocycles. The second kappa shape index (κ2) is 6.02. The van der Waals surface area contributed by atoms with E-state index in [2.05, 4.69) is 10.3 Å². The lowest BCUT2D eigenvalue weighted by Gasteiger charge is -2.19. The fraction of sp³-hybridized carbons (Fsp3) is 0.188. The molecule has 7 heteroatoms. The minimum absolute atomic E-state index is 0.0814. The molecule has 1 aliphatic rings. The number of para-hydroxylation sites is 1. The van der Waals surface area contributed by atoms with Crippen molar-refractivity contribution in [3.8, 4) is 0 Å². The zero-order valence-electron chi connectivity index (χ0n) is 12.5. The SMILES string of the molecule is CONC(=O)c1cccc(S(=O)(=O)N2CCc3ccccc32)c1. The van der Waals surface area contributed by atoms with Crippen LogP contribution in [-0.4, -0.2) is 28.0 Å². The number of rotatable bonds is 4. The Hall–Kier alpha value is -2.38. The molecule has 0 bridgehead atoms. The molecule has 0 radical (unpaired) electrons. The van der Waals surface area contributed by atoms with E-state index >= 15 is 0 Å². The summed E-state index contributed by atoms with van der Waals surface area (Å²) in [6.45, 7) is 0.399. The third kappa shape index (κ3) is 2.80. The maximum atomic E-state index is 12.9. The topological polar surface area (TPSA) is 75.7 Å². The molecule has 2 aromatic rings. The molecular weight excluding hydrogens is 316 g/mol. The molecule has 0 saturated carbocycles. The Balaban J connectivity index is 1.98. The van der Waals surface area contributed by atoms with Crippen molar-refractivity contribution >= 4 is 21.6 Å². The summed E-state index contributed by atoms with van der Waals surface area (Å²) in [6, 6.07) is 13.3. The minimum atomic E-state index is -3.71. The number of carbonyl (C=O) groups is 1. The highest BCUT2D eigenvalue weighted by molar-refractivity contribution is 7.92. The monoisotopic (exact) mass is 332 g/mol. The van der Waals surface area contributed by atoms with Gasteiger partial charge in [-0.05, 0) is 36.2 Å². The van der Waals surface area contributed by atoms with Crippen LogP contribution in [0, 0.1) is 0 Å². The molecule has 0 fully saturated rings. The molecule has 23 heavy (non-hydrogen) atoms. The number of carbonyl (C=O) groups excluding carboxylic acids is 1. The van der Waals surface area contributed by atoms with Crippen LogP contribution in [0.25, 0.3) is 0 Å². The molecule has 120 valence electrons. The third-order valence-electron chi connectivity index (χ3n) is 3.72. The van der Waals surface area contributed by atoms with Crippen LogP contribution >= 0.6 is 0 Å². The van der Waals surface area contributed by atoms with Gasteiger partial charge in [-0.1, -0.05) is 24.3 Å². The average Bonchev–Trinajstić information content (AvgIpc) is 3.00. The maximum absolute atomic E-state index is 12.9. The molecule has 0 saturated heterocycles. The molecule has 0 atom stereocenters. The average molecular weight is 332 g/mol. The van der Waals surface area contributed by atoms with Crippen molar-refractivity contribution in [1.29, 1.82) is 0 Å². The number of fused-ring (bicyclic) bond motifs is 1. The van der Waals surface area contributed by atoms with Gasteiger partial charge in [-0.25, -0.2) is 13.9 Å². The van der Waals surface area contributed by atoms with E-state index in [-0.39, 0.29) is 10.5 Å². The number of nitrogens with zero attached hydrogens (tertiary/aromatic N) is 1. The van der Waals surface area contributed by atoms with E-state index in [1.54, 1.807) is 12.1 Å². The van der Waals surface area contributed by atoms with Gasteiger partial charge in [0.1, 0.15) is 0 Å². The van der Waals surface area contributed by atoms with Crippen molar-refractivity contribution in [3.05, 3.63) is 59.7 Å². The summed E-state index contributed by atoms with van der Waals surface area (Å²) < 4.78 is 27.2. The van der Waals surface area contributed by atoms with E-state index < -0.39 is 15.9 Å². The largest absolute Gasteiger partial charge is 0.277 e. The number of nitrogens with one attached hydrogen (secondary N) is 1. The van der Waals surface area contributed by atoms with Crippen LogP contribution in [-0.2, 0) is 21.3 Å². The van der Waals surface area contributed by atoms with E-state index in [4.69, 9.17) is 0 Å². The van der Waals surface area contributed by atoms with Gasteiger partial charge in [0.25, 0.3) is 15.9 Å². The first-order valence-corrected chi connectivity index (χ1v) is 8.52. The van der Waals surface area contributed by atoms with Crippen molar-refractivity contribution < 1.29 is 18.0 Å². The summed E-state index contributed by atoms with van der Waals surface area (Å²) in [7, 11) is -2.39. The van der Waals surface area contributed by atoms with Gasteiger partial charge in [0, 0.05) is 12.1 Å². The Kier molecular flexibility index (Phi) is 4.06. The smallest absolute Gasteiger partial charge is 0.274 e. The number of anilines is 1. The molecule has 0 spiro atoms. The van der Waals surface area contributed by atoms with E-state index in [0.29, 0.717) is 18.7 Å². The van der Waals surface area contributed by atoms with Gasteiger partial charge in [0.15, 0.2) is 0 Å². The van der Waals surface area contributed by atoms with E-state index in [1.165, 1.54) is 29.6 Å². The highest BCUT2D eigenvalue weighted by Crippen LogP contribution is 2.32. The lowest BCUT2D eigenvalue weighted by atomic mass is 10.2. The Morgan fingerprint density at radius 2 is 1.96 bits per heavy atom. The molecule has 1 heterocycles. The first kappa shape index (κ1) is 15.5. The van der Waals surface area contributed by atoms with Gasteiger partial charge in [0.05, 0.1) is 17.7 Å². The molecule has 1 N–H and O–H groups in total. The molecule has 6 nitrogen and oxygen atoms in total. The second-order valence-corrected chi connectivity index (χ2v) is 6.98. The fourth-order valence-corrected chi connectivity index (χ4v) is 4.18. The minimum Gasteiger partial charge on any atom is -0.277 e. The van der Waals surface area contributed by atoms with Gasteiger partial charge in [0.2, 0.25) is 0 Å². The molecule has 0 unspecified atom stereocenters. The van der Waals surface area contributed by atoms with E-state index in [0.717, 1.165) is 5.56 Å². The summed E-state index contributed by atoms with van der Waals surface area (Å²) in [5.74, 6) is -0.494. The predicted octanol–water partition coefficient (Wildman–Crippen LogP) is 1.73. The Morgan fingerprint density at radius 3 is 2.74 bits per heavy atom. The zero-order chi connectivity index (χ0) is 16.4. The number of benzene rings is 2. The van der Waals surface area contributed by atoms with Gasteiger partial charge in [-0.2, -0.15) is 0 Å². The first-order chi connectivity index (χ1) is 11.0. The van der Waals surface area contributed by atoms with Gasteiger partial charge < -0.3 is 0 Å². The highest BCUT2D eigenvalue weighted by Gasteiger charge is 2.30. The van der Waals surface area contributed by atoms with Crippen LogP contribution in [0.3, 0.4) is 0 Å². The summed E-state index contributed by atoms with van der Waals surface area (Å²) in [6.07, 6.45) is 0.680. The molecule has 3 rings (SSSR count). The number of sulfonamides is 1. The summed E-state index contributed by atoms with van der Waals surface area (Å²) in [5, 5.41) is 0. The summed E-state index contributed by atoms with van der Waals surface area (Å²) in [5.41, 5.74) is 4.10. The summed E-state index contributed by atoms with van der Waals surface area (Å²) >= 11 is 0. The first-order valence-electron chi connectivity index (χ1n) is 7.08. The predicted molar refractivity (Wildman–Crippen MR) is 85.6 cm³/mol. The van der Waals surface area contributed by atoms with Crippen LogP contribution in [0.4, 0.5) is 5.69 Å². The number of hydrogen-bond acceptors (Lipinski definition) is 4. The highest BCUT2D eigenvalue weighted by atomic mass is 32.2. The van der Waals surface area contributed by atoms with Crippen LogP contribution in [0.2, 0.25) is 0 Å². The standard InChI is InChI=1S/C16H16N2O4S/c1-22-17-16(19)13-6-4-7-14(11-13)23(20,21)18-10-9-12-5-2-3-8-15(12)18/h2-8,11H,9-10H2,1H3,(H,17,19). The van der Waals surface area contributed by atoms with Crippen LogP contribution < -0.4 is 9.79 Å². The molecule has 2 aromatic carbocycles. The Bertz CT molecular complexity index is 849. The zero-order valence-corrected chi connectivity index (χ0v) is 13.3. The van der Waals surface area contributed by atoms with Gasteiger partial charge >= 0.3 is 0 Å². The number of amides is 1. The van der Waals surface area contributed by atoms with Crippen molar-refractivity contribution in [2.75, 3.05) is 18.0 Å². The van der Waals surface area contributed by atoms with Crippen molar-refractivity contribution in [2.24, 2.45) is 0 Å². The lowest BCUT2D eigenvalue weighted by molar-refractivity contribution is 0.0537. The Morgan fingerprint density at radius 1 is 1.17 bits per heavy atom. The fourth-order valence-electron chi connectivity index (χ4n) is 2.63. The van der Waals surface area contributed by atoms with E-state index in [9.17, 15) is 13.2 Å². The van der Waals surface area contributed by atoms with Crippen molar-refractivity contribution in [3.63, 3.8) is 0 Å². The molecular formula is C16H16N2O4S. The van der Waals surface area contributed by atoms with Gasteiger partial charge in [-0.15, -0.1) is 0 Å². The molecule has 0 aromatic heterocycles. The van der Waals surface area contributed by atoms with Gasteiger partial charge in [-0.3, -0.25) is 13.9 Å². The lowest BCUT2D eigenvalue weighted by Crippen LogP contribution is -2.29. The van der Waals surface area contributed by atoms with Crippen LogP contribution in [0.5, 0.6) is 0 Å². The van der Waals surface area contributed by atoms with Crippen LogP contribution in [0.15, 0.2) is 53.4 Å². The van der Waals surface area contributed by atoms with Crippen molar-refractivity contribution in [2.45, 2.75) is 11.3 Å². The number of hydrogen-bond donors (Lipinski definition) is 1. The van der Waals surface area contributed by atoms with Crippen LogP contribution in [0.1, 0.15) is 15.9 Å².